The summed E-state index contributed by atoms with van der Waals surface area (Å²) in [5, 5.41) is 0.308. The van der Waals surface area contributed by atoms with Gasteiger partial charge >= 0.3 is 23.9 Å². The van der Waals surface area contributed by atoms with Crippen molar-refractivity contribution >= 4 is 110 Å². The minimum Gasteiger partial charge on any atom is -0.459 e. The van der Waals surface area contributed by atoms with Crippen molar-refractivity contribution in [3.05, 3.63) is 278 Å². The normalized spacial score (nSPS) is 13.3. The molecule has 0 N–H and O–H groups in total. The summed E-state index contributed by atoms with van der Waals surface area (Å²) in [4.78, 5) is 130. The summed E-state index contributed by atoms with van der Waals surface area (Å²) >= 11 is 4.30. The number of ether oxygens (including phenoxy) is 4. The van der Waals surface area contributed by atoms with Gasteiger partial charge in [0.05, 0.1) is 28.9 Å². The molecule has 14 rings (SSSR count). The number of hydrogen-bond donors (Lipinski definition) is 0. The van der Waals surface area contributed by atoms with E-state index < -0.39 is 56.4 Å². The van der Waals surface area contributed by atoms with Gasteiger partial charge in [0.15, 0.2) is 10.7 Å². The molecule has 0 saturated carbocycles. The zero-order valence-corrected chi connectivity index (χ0v) is 46.8. The fraction of sp³-hybridized carbons (Fsp3) is 0.0909. The van der Waals surface area contributed by atoms with Crippen LogP contribution in [0.1, 0.15) is 44.5 Å². The van der Waals surface area contributed by atoms with Crippen molar-refractivity contribution in [2.75, 3.05) is 0 Å². The van der Waals surface area contributed by atoms with Crippen LogP contribution < -0.4 is 32.4 Å². The smallest absolute Gasteiger partial charge is 0.333 e. The second-order valence-corrected chi connectivity index (χ2v) is 24.1. The van der Waals surface area contributed by atoms with Crippen LogP contribution in [0.5, 0.6) is 0 Å². The standard InChI is InChI=1S/C66H38N2O12S4/c69-51-39-25-13-14-26-40(39)52(70)49(51)67-45-29-43-55(81-45)57-47(65(43,61(73)77-31-35-17-5-1-6-18-35)62(74)78-32-36-19-7-2-8-20-36)59-60(83-57)48-58(84-59)56-44(30-46(82-56)68-50-53(71)41-27-15-16-28-42(41)54(50)72)66(48,63(75)79-33-37-21-9-3-10-22-37)64(76)80-34-38-23-11-4-12-24-38/h1-30H,31-34H2. The van der Waals surface area contributed by atoms with E-state index in [1.54, 1.807) is 146 Å². The summed E-state index contributed by atoms with van der Waals surface area (Å²) in [7, 11) is 0. The fourth-order valence-corrected chi connectivity index (χ4v) is 16.8. The zero-order chi connectivity index (χ0) is 57.4. The summed E-state index contributed by atoms with van der Waals surface area (Å²) < 4.78 is 25.7. The molecule has 2 aliphatic rings. The quantitative estimate of drug-likeness (QED) is 0.0568. The maximum atomic E-state index is 15.9. The van der Waals surface area contributed by atoms with E-state index in [-0.39, 0.29) is 90.9 Å². The first-order chi connectivity index (χ1) is 41.0. The van der Waals surface area contributed by atoms with Gasteiger partial charge in [-0.25, -0.2) is 9.98 Å². The minimum absolute atomic E-state index is 0.118. The molecule has 0 unspecified atom stereocenters. The highest BCUT2D eigenvalue weighted by Gasteiger charge is 2.65. The summed E-state index contributed by atoms with van der Waals surface area (Å²) in [5.41, 5.74) is -4.24. The molecule has 0 aliphatic heterocycles. The van der Waals surface area contributed by atoms with Gasteiger partial charge in [-0.2, -0.15) is 0 Å². The molecule has 0 amide bonds. The van der Waals surface area contributed by atoms with E-state index in [0.29, 0.717) is 51.2 Å². The van der Waals surface area contributed by atoms with Crippen molar-refractivity contribution in [1.82, 2.24) is 0 Å². The van der Waals surface area contributed by atoms with E-state index in [2.05, 4.69) is 9.98 Å². The van der Waals surface area contributed by atoms with Crippen LogP contribution in [0.2, 0.25) is 0 Å². The third kappa shape index (κ3) is 8.15. The van der Waals surface area contributed by atoms with Crippen LogP contribution >= 0.6 is 45.3 Å². The first kappa shape index (κ1) is 52.4. The molecular weight excluding hydrogens is 1140 g/mol. The Labute approximate surface area is 490 Å². The number of carbonyl (C=O) groups is 4. The van der Waals surface area contributed by atoms with Crippen molar-refractivity contribution < 1.29 is 38.1 Å². The molecule has 12 aromatic rings. The van der Waals surface area contributed by atoms with Gasteiger partial charge in [-0.1, -0.05) is 170 Å². The summed E-state index contributed by atoms with van der Waals surface area (Å²) in [6.07, 6.45) is 0. The second kappa shape index (κ2) is 20.6. The summed E-state index contributed by atoms with van der Waals surface area (Å²) in [6.45, 7) is -1.07. The Balaban J connectivity index is 1.04. The predicted octanol–water partition coefficient (Wildman–Crippen LogP) is 10.6. The van der Waals surface area contributed by atoms with Crippen molar-refractivity contribution in [1.29, 1.82) is 0 Å². The van der Waals surface area contributed by atoms with Gasteiger partial charge in [-0.3, -0.25) is 38.4 Å². The number of benzene rings is 6. The molecule has 0 radical (unpaired) electrons. The lowest BCUT2D eigenvalue weighted by Gasteiger charge is -2.27. The number of rotatable bonds is 14. The van der Waals surface area contributed by atoms with Gasteiger partial charge in [0, 0.05) is 43.8 Å². The largest absolute Gasteiger partial charge is 0.459 e. The van der Waals surface area contributed by atoms with Gasteiger partial charge in [0.25, 0.3) is 0 Å². The van der Waals surface area contributed by atoms with E-state index in [4.69, 9.17) is 18.9 Å². The van der Waals surface area contributed by atoms with E-state index in [1.165, 1.54) is 12.1 Å². The van der Waals surface area contributed by atoms with E-state index in [0.717, 1.165) is 45.3 Å². The number of hydrogen-bond acceptors (Lipinski definition) is 18. The maximum Gasteiger partial charge on any atom is 0.333 e. The molecule has 2 aliphatic carbocycles. The highest BCUT2D eigenvalue weighted by molar-refractivity contribution is 7.35. The van der Waals surface area contributed by atoms with Crippen molar-refractivity contribution in [3.63, 3.8) is 0 Å². The van der Waals surface area contributed by atoms with Gasteiger partial charge in [-0.05, 0) is 34.4 Å². The Morgan fingerprint density at radius 1 is 0.345 bits per heavy atom. The Morgan fingerprint density at radius 2 is 0.607 bits per heavy atom. The van der Waals surface area contributed by atoms with Crippen LogP contribution in [-0.2, 0) is 75.4 Å². The lowest BCUT2D eigenvalue weighted by atomic mass is 9.77. The molecule has 4 heterocycles. The van der Waals surface area contributed by atoms with E-state index in [1.807, 2.05) is 24.3 Å². The molecule has 84 heavy (non-hydrogen) atoms. The fourth-order valence-electron chi connectivity index (χ4n) is 11.2. The average Bonchev–Trinajstić information content (AvgIpc) is 1.52. The Hall–Kier alpha value is -9.72. The van der Waals surface area contributed by atoms with Crippen LogP contribution in [0.15, 0.2) is 211 Å². The SMILES string of the molecule is O=C(OCc1ccccc1)C1(C(=O)OCc2ccccc2)c2cc(N=c3c(=O)c4ccccc4c3=O)sc2-c2sc3c4c(sc3c21)-c1sc(N=c2c(=O)c3ccccc3c2=O)cc1C4(C(=O)OCc1ccccc1)C(=O)OCc1ccccc1. The number of nitrogens with zero attached hydrogens (tertiary/aromatic N) is 2. The molecule has 4 aromatic heterocycles. The van der Waals surface area contributed by atoms with E-state index in [9.17, 15) is 19.2 Å². The molecule has 408 valence electrons. The molecule has 0 fully saturated rings. The molecule has 0 atom stereocenters. The molecule has 8 aromatic carbocycles. The Kier molecular flexibility index (Phi) is 12.8. The molecule has 0 saturated heterocycles. The molecule has 18 heteroatoms. The first-order valence-corrected chi connectivity index (χ1v) is 29.5. The Morgan fingerprint density at radius 3 is 0.881 bits per heavy atom. The topological polar surface area (TPSA) is 198 Å². The maximum absolute atomic E-state index is 15.9. The third-order valence-electron chi connectivity index (χ3n) is 15.1. The molecule has 14 nitrogen and oxygen atoms in total. The average molecular weight is 1180 g/mol. The Bertz CT molecular complexity index is 4520. The van der Waals surface area contributed by atoms with Gasteiger partial charge in [-0.15, -0.1) is 45.3 Å². The van der Waals surface area contributed by atoms with Crippen LogP contribution in [0.25, 0.3) is 50.5 Å². The van der Waals surface area contributed by atoms with Crippen molar-refractivity contribution in [2.45, 2.75) is 37.3 Å². The van der Waals surface area contributed by atoms with E-state index >= 15 is 19.2 Å². The van der Waals surface area contributed by atoms with Crippen molar-refractivity contribution in [3.8, 4) is 19.5 Å². The van der Waals surface area contributed by atoms with Crippen LogP contribution in [-0.4, -0.2) is 23.9 Å². The highest BCUT2D eigenvalue weighted by atomic mass is 32.1. The minimum atomic E-state index is -2.44. The van der Waals surface area contributed by atoms with Crippen LogP contribution in [0.3, 0.4) is 0 Å². The molecule has 0 spiro atoms. The summed E-state index contributed by atoms with van der Waals surface area (Å²) in [6, 6.07) is 51.4. The number of fused-ring (bicyclic) bond motifs is 11. The number of thiophene rings is 4. The first-order valence-electron chi connectivity index (χ1n) is 26.2. The predicted molar refractivity (Wildman–Crippen MR) is 321 cm³/mol. The molecular formula is C66H38N2O12S4. The zero-order valence-electron chi connectivity index (χ0n) is 43.6. The number of carbonyl (C=O) groups excluding carboxylic acids is 4. The second-order valence-electron chi connectivity index (χ2n) is 20.0. The van der Waals surface area contributed by atoms with Gasteiger partial charge in [0.1, 0.15) is 36.4 Å². The number of esters is 4. The summed E-state index contributed by atoms with van der Waals surface area (Å²) in [5.74, 6) is -4.08. The van der Waals surface area contributed by atoms with Crippen LogP contribution in [0.4, 0.5) is 10.0 Å². The lowest BCUT2D eigenvalue weighted by molar-refractivity contribution is -0.166. The van der Waals surface area contributed by atoms with Gasteiger partial charge < -0.3 is 18.9 Å². The van der Waals surface area contributed by atoms with Crippen molar-refractivity contribution in [2.24, 2.45) is 9.98 Å². The lowest BCUT2D eigenvalue weighted by Crippen LogP contribution is -2.46. The monoisotopic (exact) mass is 1180 g/mol. The molecule has 0 bridgehead atoms. The highest BCUT2D eigenvalue weighted by Crippen LogP contribution is 2.67. The van der Waals surface area contributed by atoms with Crippen LogP contribution in [0, 0.1) is 0 Å². The third-order valence-corrected chi connectivity index (χ3v) is 20.1. The van der Waals surface area contributed by atoms with Gasteiger partial charge in [0.2, 0.25) is 32.5 Å².